The zero-order chi connectivity index (χ0) is 23.5. The maximum absolute atomic E-state index is 13.2. The van der Waals surface area contributed by atoms with Crippen molar-refractivity contribution >= 4 is 17.5 Å². The van der Waals surface area contributed by atoms with E-state index in [0.717, 1.165) is 16.9 Å². The molecular formula is C24H23ClN6O3. The van der Waals surface area contributed by atoms with Crippen LogP contribution in [-0.2, 0) is 6.54 Å². The third-order valence-electron chi connectivity index (χ3n) is 5.84. The zero-order valence-electron chi connectivity index (χ0n) is 18.6. The number of halogens is 1. The van der Waals surface area contributed by atoms with Gasteiger partial charge in [0.15, 0.2) is 0 Å². The fourth-order valence-electron chi connectivity index (χ4n) is 3.93. The van der Waals surface area contributed by atoms with E-state index in [9.17, 15) is 4.79 Å². The monoisotopic (exact) mass is 478 g/mol. The van der Waals surface area contributed by atoms with Crippen LogP contribution in [0.4, 0.5) is 0 Å². The Morgan fingerprint density at radius 2 is 1.76 bits per heavy atom. The molecule has 1 aliphatic heterocycles. The predicted octanol–water partition coefficient (Wildman–Crippen LogP) is 3.75. The summed E-state index contributed by atoms with van der Waals surface area (Å²) in [5.74, 6) is 1.82. The molecule has 2 aromatic carbocycles. The van der Waals surface area contributed by atoms with Gasteiger partial charge in [0, 0.05) is 42.3 Å². The van der Waals surface area contributed by atoms with Gasteiger partial charge in [-0.2, -0.15) is 10.1 Å². The van der Waals surface area contributed by atoms with Gasteiger partial charge < -0.3 is 14.2 Å². The Kier molecular flexibility index (Phi) is 6.29. The second-order valence-corrected chi connectivity index (χ2v) is 8.41. The first-order chi connectivity index (χ1) is 16.6. The molecule has 1 aliphatic rings. The normalized spacial score (nSPS) is 14.4. The number of rotatable bonds is 6. The van der Waals surface area contributed by atoms with Crippen molar-refractivity contribution in [1.82, 2.24) is 30.1 Å². The predicted molar refractivity (Wildman–Crippen MR) is 127 cm³/mol. The van der Waals surface area contributed by atoms with Gasteiger partial charge in [0.1, 0.15) is 5.75 Å². The largest absolute Gasteiger partial charge is 0.497 e. The van der Waals surface area contributed by atoms with Crippen molar-refractivity contribution in [2.45, 2.75) is 6.54 Å². The highest BCUT2D eigenvalue weighted by molar-refractivity contribution is 6.30. The maximum Gasteiger partial charge on any atom is 0.257 e. The molecule has 10 heteroatoms. The van der Waals surface area contributed by atoms with E-state index in [2.05, 4.69) is 25.2 Å². The molecule has 0 bridgehead atoms. The van der Waals surface area contributed by atoms with Crippen molar-refractivity contribution < 1.29 is 14.1 Å². The standard InChI is InChI=1S/C24H23ClN6O3/c1-33-19-8-4-17(5-9-19)23-27-21(34-29-23)15-30-10-12-31(13-11-30)24(32)20-14-26-28-22(20)16-2-6-18(25)7-3-16/h2-9,14H,10-13,15H2,1H3,(H,26,28). The number of nitrogens with one attached hydrogen (secondary N) is 1. The summed E-state index contributed by atoms with van der Waals surface area (Å²) in [7, 11) is 1.63. The molecule has 174 valence electrons. The van der Waals surface area contributed by atoms with Crippen molar-refractivity contribution in [2.75, 3.05) is 33.3 Å². The molecule has 0 radical (unpaired) electrons. The molecule has 4 aromatic rings. The fraction of sp³-hybridized carbons (Fsp3) is 0.250. The molecular weight excluding hydrogens is 456 g/mol. The number of hydrogen-bond acceptors (Lipinski definition) is 7. The molecule has 0 saturated carbocycles. The fourth-order valence-corrected chi connectivity index (χ4v) is 4.06. The van der Waals surface area contributed by atoms with Gasteiger partial charge in [0.2, 0.25) is 11.7 Å². The summed E-state index contributed by atoms with van der Waals surface area (Å²) >= 11 is 5.99. The van der Waals surface area contributed by atoms with Gasteiger partial charge in [0.05, 0.1) is 31.1 Å². The van der Waals surface area contributed by atoms with Gasteiger partial charge in [-0.3, -0.25) is 14.8 Å². The molecule has 3 heterocycles. The average molecular weight is 479 g/mol. The van der Waals surface area contributed by atoms with Crippen molar-refractivity contribution in [3.05, 3.63) is 71.2 Å². The smallest absolute Gasteiger partial charge is 0.257 e. The second-order valence-electron chi connectivity index (χ2n) is 7.97. The minimum absolute atomic E-state index is 0.0436. The first kappa shape index (κ1) is 22.1. The van der Waals surface area contributed by atoms with Gasteiger partial charge in [-0.15, -0.1) is 0 Å². The van der Waals surface area contributed by atoms with Gasteiger partial charge in [0.25, 0.3) is 5.91 Å². The minimum atomic E-state index is -0.0436. The first-order valence-corrected chi connectivity index (χ1v) is 11.3. The van der Waals surface area contributed by atoms with Crippen molar-refractivity contribution in [1.29, 1.82) is 0 Å². The number of ether oxygens (including phenoxy) is 1. The Morgan fingerprint density at radius 3 is 2.47 bits per heavy atom. The van der Waals surface area contributed by atoms with Crippen LogP contribution in [0.25, 0.3) is 22.6 Å². The molecule has 1 amide bonds. The lowest BCUT2D eigenvalue weighted by molar-refractivity contribution is 0.0616. The van der Waals surface area contributed by atoms with Crippen molar-refractivity contribution in [3.63, 3.8) is 0 Å². The van der Waals surface area contributed by atoms with Crippen LogP contribution in [0.1, 0.15) is 16.2 Å². The summed E-state index contributed by atoms with van der Waals surface area (Å²) in [5.41, 5.74) is 2.98. The van der Waals surface area contributed by atoms with Crippen LogP contribution in [0.2, 0.25) is 5.02 Å². The van der Waals surface area contributed by atoms with E-state index in [1.165, 1.54) is 0 Å². The lowest BCUT2D eigenvalue weighted by Crippen LogP contribution is -2.48. The quantitative estimate of drug-likeness (QED) is 0.450. The molecule has 0 unspecified atom stereocenters. The number of amides is 1. The van der Waals surface area contributed by atoms with E-state index in [4.69, 9.17) is 20.9 Å². The van der Waals surface area contributed by atoms with Crippen LogP contribution in [-0.4, -0.2) is 69.3 Å². The summed E-state index contributed by atoms with van der Waals surface area (Å²) in [6.45, 7) is 3.15. The van der Waals surface area contributed by atoms with E-state index in [1.54, 1.807) is 25.4 Å². The molecule has 9 nitrogen and oxygen atoms in total. The average Bonchev–Trinajstić information content (AvgIpc) is 3.55. The van der Waals surface area contributed by atoms with Gasteiger partial charge >= 0.3 is 0 Å². The van der Waals surface area contributed by atoms with Crippen LogP contribution in [0.3, 0.4) is 0 Å². The third-order valence-corrected chi connectivity index (χ3v) is 6.09. The topological polar surface area (TPSA) is 100 Å². The lowest BCUT2D eigenvalue weighted by Gasteiger charge is -2.33. The molecule has 5 rings (SSSR count). The number of aromatic amines is 1. The lowest BCUT2D eigenvalue weighted by atomic mass is 10.1. The summed E-state index contributed by atoms with van der Waals surface area (Å²) in [4.78, 5) is 21.7. The van der Waals surface area contributed by atoms with Crippen LogP contribution < -0.4 is 4.74 Å². The Labute approximate surface area is 201 Å². The number of H-pyrrole nitrogens is 1. The number of aromatic nitrogens is 4. The van der Waals surface area contributed by atoms with E-state index in [1.807, 2.05) is 41.3 Å². The zero-order valence-corrected chi connectivity index (χ0v) is 19.3. The number of methoxy groups -OCH3 is 1. The Morgan fingerprint density at radius 1 is 1.06 bits per heavy atom. The number of nitrogens with zero attached hydrogens (tertiary/aromatic N) is 5. The molecule has 1 saturated heterocycles. The van der Waals surface area contributed by atoms with E-state index < -0.39 is 0 Å². The number of carbonyl (C=O) groups excluding carboxylic acids is 1. The molecule has 1 N–H and O–H groups in total. The van der Waals surface area contributed by atoms with Crippen molar-refractivity contribution in [3.8, 4) is 28.4 Å². The first-order valence-electron chi connectivity index (χ1n) is 10.9. The Balaban J connectivity index is 1.19. The highest BCUT2D eigenvalue weighted by Crippen LogP contribution is 2.25. The molecule has 1 fully saturated rings. The minimum Gasteiger partial charge on any atom is -0.497 e. The SMILES string of the molecule is COc1ccc(-c2noc(CN3CCN(C(=O)c4cn[nH]c4-c4ccc(Cl)cc4)CC3)n2)cc1. The maximum atomic E-state index is 13.2. The third kappa shape index (κ3) is 4.66. The summed E-state index contributed by atoms with van der Waals surface area (Å²) in [6, 6.07) is 14.8. The van der Waals surface area contributed by atoms with Crippen LogP contribution in [0.15, 0.2) is 59.3 Å². The van der Waals surface area contributed by atoms with Crippen LogP contribution in [0, 0.1) is 0 Å². The number of hydrogen-bond donors (Lipinski definition) is 1. The number of piperazine rings is 1. The van der Waals surface area contributed by atoms with Crippen molar-refractivity contribution in [2.24, 2.45) is 0 Å². The van der Waals surface area contributed by atoms with Gasteiger partial charge in [-0.1, -0.05) is 28.9 Å². The second kappa shape index (κ2) is 9.66. The number of benzene rings is 2. The van der Waals surface area contributed by atoms with Gasteiger partial charge in [-0.05, 0) is 36.4 Å². The Bertz CT molecular complexity index is 1260. The Hall–Kier alpha value is -3.69. The van der Waals surface area contributed by atoms with Crippen LogP contribution in [0.5, 0.6) is 5.75 Å². The molecule has 0 spiro atoms. The summed E-state index contributed by atoms with van der Waals surface area (Å²) in [5, 5.41) is 11.8. The van der Waals surface area contributed by atoms with E-state index in [0.29, 0.717) is 60.7 Å². The molecule has 0 aliphatic carbocycles. The van der Waals surface area contributed by atoms with E-state index >= 15 is 0 Å². The van der Waals surface area contributed by atoms with Gasteiger partial charge in [-0.25, -0.2) is 0 Å². The summed E-state index contributed by atoms with van der Waals surface area (Å²) < 4.78 is 10.6. The number of carbonyl (C=O) groups is 1. The van der Waals surface area contributed by atoms with E-state index in [-0.39, 0.29) is 5.91 Å². The molecule has 2 aromatic heterocycles. The van der Waals surface area contributed by atoms with Crippen LogP contribution >= 0.6 is 11.6 Å². The highest BCUT2D eigenvalue weighted by atomic mass is 35.5. The summed E-state index contributed by atoms with van der Waals surface area (Å²) in [6.07, 6.45) is 1.58. The molecule has 0 atom stereocenters. The highest BCUT2D eigenvalue weighted by Gasteiger charge is 2.26. The molecule has 34 heavy (non-hydrogen) atoms.